The van der Waals surface area contributed by atoms with Crippen LogP contribution in [0.2, 0.25) is 0 Å². The first-order valence-electron chi connectivity index (χ1n) is 19.2. The molecule has 0 unspecified atom stereocenters. The highest BCUT2D eigenvalue weighted by Gasteiger charge is 2.29. The average Bonchev–Trinajstić information content (AvgIpc) is 3.20. The maximum Gasteiger partial charge on any atom is 0.324 e. The van der Waals surface area contributed by atoms with Gasteiger partial charge in [-0.15, -0.1) is 0 Å². The predicted octanol–water partition coefficient (Wildman–Crippen LogP) is 6.74. The van der Waals surface area contributed by atoms with Gasteiger partial charge in [-0.05, 0) is 41.3 Å². The maximum absolute atomic E-state index is 13.4. The number of sulfonamides is 1. The largest absolute Gasteiger partial charge is 0.496 e. The Labute approximate surface area is 349 Å². The van der Waals surface area contributed by atoms with Gasteiger partial charge in [0.05, 0.1) is 57.9 Å². The minimum Gasteiger partial charge on any atom is -0.496 e. The zero-order valence-corrected chi connectivity index (χ0v) is 35.6. The number of hydrogen-bond donors (Lipinski definition) is 4. The number of methoxy groups -OCH3 is 3. The van der Waals surface area contributed by atoms with Gasteiger partial charge in [0, 0.05) is 67.0 Å². The van der Waals surface area contributed by atoms with Crippen LogP contribution in [0.1, 0.15) is 36.7 Å². The summed E-state index contributed by atoms with van der Waals surface area (Å²) >= 11 is 0. The zero-order valence-electron chi connectivity index (χ0n) is 34.7. The fourth-order valence-electron chi connectivity index (χ4n) is 6.88. The van der Waals surface area contributed by atoms with Crippen molar-refractivity contribution in [3.8, 4) is 28.7 Å². The van der Waals surface area contributed by atoms with Gasteiger partial charge in [-0.3, -0.25) is 19.3 Å². The lowest BCUT2D eigenvalue weighted by Crippen LogP contribution is -2.41. The smallest absolute Gasteiger partial charge is 0.324 e. The summed E-state index contributed by atoms with van der Waals surface area (Å²) < 4.78 is 56.2. The molecule has 17 heteroatoms. The van der Waals surface area contributed by atoms with Crippen LogP contribution in [-0.4, -0.2) is 97.2 Å². The van der Waals surface area contributed by atoms with Gasteiger partial charge in [0.15, 0.2) is 5.75 Å². The number of nitrogens with two attached hydrogens (primary N) is 1. The number of benzene rings is 4. The number of rotatable bonds is 15. The van der Waals surface area contributed by atoms with Gasteiger partial charge < -0.3 is 40.1 Å². The van der Waals surface area contributed by atoms with Crippen molar-refractivity contribution >= 4 is 61.3 Å². The van der Waals surface area contributed by atoms with E-state index in [4.69, 9.17) is 29.4 Å². The van der Waals surface area contributed by atoms with E-state index in [2.05, 4.69) is 25.2 Å². The molecule has 3 amide bonds. The molecule has 0 radical (unpaired) electrons. The summed E-state index contributed by atoms with van der Waals surface area (Å²) in [4.78, 5) is 34.7. The summed E-state index contributed by atoms with van der Waals surface area (Å²) in [6.45, 7) is 10.1. The molecular formula is C43H51N7O9S. The highest BCUT2D eigenvalue weighted by molar-refractivity contribution is 7.92. The van der Waals surface area contributed by atoms with Gasteiger partial charge >= 0.3 is 6.03 Å². The molecule has 0 atom stereocenters. The zero-order chi connectivity index (χ0) is 43.2. The lowest BCUT2D eigenvalue weighted by molar-refractivity contribution is 0.0383. The number of morpholine rings is 1. The quantitative estimate of drug-likeness (QED) is 0.0868. The molecule has 4 aromatic carbocycles. The number of aromatic nitrogens is 1. The Morgan fingerprint density at radius 3 is 2.18 bits per heavy atom. The molecule has 5 N–H and O–H groups in total. The molecule has 60 heavy (non-hydrogen) atoms. The molecule has 0 bridgehead atoms. The molecule has 1 saturated heterocycles. The monoisotopic (exact) mass is 841 g/mol. The van der Waals surface area contributed by atoms with E-state index in [0.717, 1.165) is 24.9 Å². The van der Waals surface area contributed by atoms with Crippen molar-refractivity contribution in [3.05, 3.63) is 90.1 Å². The van der Waals surface area contributed by atoms with Crippen LogP contribution in [0.25, 0.3) is 10.8 Å². The third-order valence-corrected chi connectivity index (χ3v) is 10.4. The number of pyridine rings is 1. The van der Waals surface area contributed by atoms with Crippen LogP contribution >= 0.6 is 0 Å². The molecule has 5 aromatic rings. The molecular weight excluding hydrogens is 791 g/mol. The Bertz CT molecular complexity index is 2460. The van der Waals surface area contributed by atoms with Gasteiger partial charge in [0.1, 0.15) is 34.4 Å². The first-order valence-corrected chi connectivity index (χ1v) is 21.1. The molecule has 318 valence electrons. The molecule has 0 spiro atoms. The summed E-state index contributed by atoms with van der Waals surface area (Å²) in [5.41, 5.74) is 8.04. The number of urea groups is 1. The number of carbonyl (C=O) groups is 2. The Morgan fingerprint density at radius 2 is 1.57 bits per heavy atom. The highest BCUT2D eigenvalue weighted by atomic mass is 32.2. The molecule has 16 nitrogen and oxygen atoms in total. The van der Waals surface area contributed by atoms with Crippen LogP contribution < -0.4 is 44.9 Å². The van der Waals surface area contributed by atoms with E-state index in [-0.39, 0.29) is 28.6 Å². The van der Waals surface area contributed by atoms with Gasteiger partial charge in [0.25, 0.3) is 5.91 Å². The Morgan fingerprint density at radius 1 is 0.883 bits per heavy atom. The summed E-state index contributed by atoms with van der Waals surface area (Å²) in [5.74, 6) is 1.78. The van der Waals surface area contributed by atoms with Crippen molar-refractivity contribution in [3.63, 3.8) is 0 Å². The fraction of sp³-hybridized carbons (Fsp3) is 0.326. The number of anilines is 5. The van der Waals surface area contributed by atoms with Crippen LogP contribution in [0.4, 0.5) is 33.4 Å². The van der Waals surface area contributed by atoms with E-state index in [0.29, 0.717) is 77.3 Å². The third kappa shape index (κ3) is 10.1. The van der Waals surface area contributed by atoms with Crippen molar-refractivity contribution in [2.75, 3.05) is 81.9 Å². The molecule has 0 aliphatic carbocycles. The molecule has 2 heterocycles. The molecule has 1 aliphatic heterocycles. The number of hydrogen-bond acceptors (Lipinski definition) is 12. The summed E-state index contributed by atoms with van der Waals surface area (Å²) in [7, 11) is 0.641. The van der Waals surface area contributed by atoms with Crippen LogP contribution in [0, 0.1) is 0 Å². The van der Waals surface area contributed by atoms with Crippen molar-refractivity contribution < 1.29 is 41.7 Å². The third-order valence-electron chi connectivity index (χ3n) is 9.78. The Hall–Kier alpha value is -6.30. The summed E-state index contributed by atoms with van der Waals surface area (Å²) in [6, 6.07) is 20.2. The first-order chi connectivity index (χ1) is 28.6. The number of ether oxygens (including phenoxy) is 5. The number of nitrogens with zero attached hydrogens (tertiary/aromatic N) is 3. The Kier molecular flexibility index (Phi) is 13.2. The minimum absolute atomic E-state index is 0.112. The summed E-state index contributed by atoms with van der Waals surface area (Å²) in [5, 5.41) is 7.49. The maximum atomic E-state index is 13.4. The van der Waals surface area contributed by atoms with Crippen molar-refractivity contribution in [2.45, 2.75) is 26.2 Å². The average molecular weight is 842 g/mol. The number of fused-ring (bicyclic) bond motifs is 1. The van der Waals surface area contributed by atoms with Gasteiger partial charge in [-0.1, -0.05) is 45.0 Å². The van der Waals surface area contributed by atoms with Gasteiger partial charge in [-0.2, -0.15) is 0 Å². The molecule has 1 aromatic heterocycles. The van der Waals surface area contributed by atoms with Crippen LogP contribution in [0.3, 0.4) is 0 Å². The van der Waals surface area contributed by atoms with Gasteiger partial charge in [0.2, 0.25) is 10.0 Å². The molecule has 1 fully saturated rings. The van der Waals surface area contributed by atoms with E-state index in [1.807, 2.05) is 45.0 Å². The highest BCUT2D eigenvalue weighted by Crippen LogP contribution is 2.46. The number of nitrogens with one attached hydrogen (secondary N) is 3. The summed E-state index contributed by atoms with van der Waals surface area (Å²) in [6.07, 6.45) is 2.63. The lowest BCUT2D eigenvalue weighted by atomic mass is 9.86. The van der Waals surface area contributed by atoms with Crippen LogP contribution in [-0.2, 0) is 20.2 Å². The van der Waals surface area contributed by atoms with E-state index >= 15 is 0 Å². The second-order valence-corrected chi connectivity index (χ2v) is 16.8. The lowest BCUT2D eigenvalue weighted by Gasteiger charge is -2.29. The number of primary amides is 1. The van der Waals surface area contributed by atoms with Gasteiger partial charge in [-0.25, -0.2) is 18.2 Å². The Balaban J connectivity index is 1.29. The topological polar surface area (TPSA) is 196 Å². The first kappa shape index (κ1) is 43.3. The molecule has 1 aliphatic rings. The molecule has 0 saturated carbocycles. The normalized spacial score (nSPS) is 13.3. The predicted molar refractivity (Wildman–Crippen MR) is 233 cm³/mol. The van der Waals surface area contributed by atoms with Crippen molar-refractivity contribution in [2.24, 2.45) is 5.73 Å². The number of amides is 3. The standard InChI is InChI=1S/C43H51N7O9S/c1-43(2,3)27-22-32(48-60(7,53)54)40(57-6)34(23-27)50(42(44)52)33-12-13-35(31-11-9-8-10-30(31)33)59-29-14-15-45-38(26-29)47-28-24-36(55-4)39(37(25-28)56-5)41(51)46-16-17-49-18-20-58-21-19-49/h8-15,22-26,48H,16-21H2,1-7H3,(H2,44,52)(H,45,47)(H,46,51). The van der Waals surface area contributed by atoms with Crippen LogP contribution in [0.15, 0.2) is 79.0 Å². The molecule has 6 rings (SSSR count). The second kappa shape index (κ2) is 18.3. The van der Waals surface area contributed by atoms with E-state index in [1.165, 1.54) is 26.2 Å². The van der Waals surface area contributed by atoms with Crippen LogP contribution in [0.5, 0.6) is 28.7 Å². The van der Waals surface area contributed by atoms with E-state index in [1.54, 1.807) is 54.7 Å². The van der Waals surface area contributed by atoms with E-state index < -0.39 is 21.5 Å². The van der Waals surface area contributed by atoms with E-state index in [9.17, 15) is 18.0 Å². The minimum atomic E-state index is -3.73. The fourth-order valence-corrected chi connectivity index (χ4v) is 7.43. The second-order valence-electron chi connectivity index (χ2n) is 15.1. The SMILES string of the molecule is COc1cc(Nc2cc(Oc3ccc(N(C(N)=O)c4cc(C(C)(C)C)cc(NS(C)(=O)=O)c4OC)c4ccccc34)ccn2)cc(OC)c1C(=O)NCCN1CCOCC1. The van der Waals surface area contributed by atoms with Crippen molar-refractivity contribution in [1.29, 1.82) is 0 Å². The van der Waals surface area contributed by atoms with Crippen molar-refractivity contribution in [1.82, 2.24) is 15.2 Å². The number of carbonyl (C=O) groups excluding carboxylic acids is 2.